The van der Waals surface area contributed by atoms with E-state index in [1.54, 1.807) is 7.11 Å². The molecule has 0 aliphatic rings. The highest BCUT2D eigenvalue weighted by Crippen LogP contribution is 2.23. The van der Waals surface area contributed by atoms with E-state index in [-0.39, 0.29) is 11.9 Å². The maximum atomic E-state index is 12.6. The predicted molar refractivity (Wildman–Crippen MR) is 102 cm³/mol. The molecule has 3 rings (SSSR count). The van der Waals surface area contributed by atoms with Gasteiger partial charge in [-0.2, -0.15) is 4.57 Å². The summed E-state index contributed by atoms with van der Waals surface area (Å²) in [6.07, 6.45) is 4.78. The highest BCUT2D eigenvalue weighted by Gasteiger charge is 2.22. The zero-order valence-electron chi connectivity index (χ0n) is 15.1. The number of aromatic nitrogens is 1. The van der Waals surface area contributed by atoms with Gasteiger partial charge < -0.3 is 10.1 Å². The van der Waals surface area contributed by atoms with Gasteiger partial charge in [0.2, 0.25) is 6.04 Å². The van der Waals surface area contributed by atoms with Crippen LogP contribution in [0, 0.1) is 0 Å². The van der Waals surface area contributed by atoms with Gasteiger partial charge in [0, 0.05) is 19.1 Å². The standard InChI is InChI=1S/C22H22N2O2/c1-17(22(25)23-20-10-6-7-11-21(20)26-2)24-14-12-19(13-15-24)16-18-8-4-3-5-9-18/h3-15,17H,16H2,1-2H3/p+1/t17-/m0/s1. The van der Waals surface area contributed by atoms with Crippen LogP contribution in [0.1, 0.15) is 24.1 Å². The number of nitrogens with zero attached hydrogens (tertiary/aromatic N) is 1. The first kappa shape index (κ1) is 17.7. The Bertz CT molecular complexity index is 861. The van der Waals surface area contributed by atoms with Gasteiger partial charge in [0.15, 0.2) is 12.4 Å². The number of amides is 1. The van der Waals surface area contributed by atoms with E-state index >= 15 is 0 Å². The van der Waals surface area contributed by atoms with E-state index < -0.39 is 0 Å². The average molecular weight is 347 g/mol. The second kappa shape index (κ2) is 8.30. The molecule has 0 radical (unpaired) electrons. The molecule has 0 bridgehead atoms. The minimum absolute atomic E-state index is 0.0877. The van der Waals surface area contributed by atoms with Crippen molar-refractivity contribution in [3.63, 3.8) is 0 Å². The fourth-order valence-electron chi connectivity index (χ4n) is 2.80. The Kier molecular flexibility index (Phi) is 5.64. The van der Waals surface area contributed by atoms with Crippen LogP contribution in [0.2, 0.25) is 0 Å². The molecule has 26 heavy (non-hydrogen) atoms. The molecule has 0 saturated heterocycles. The molecule has 0 saturated carbocycles. The van der Waals surface area contributed by atoms with Crippen molar-refractivity contribution < 1.29 is 14.1 Å². The van der Waals surface area contributed by atoms with E-state index in [9.17, 15) is 4.79 Å². The zero-order chi connectivity index (χ0) is 18.4. The number of hydrogen-bond donors (Lipinski definition) is 1. The number of ether oxygens (including phenoxy) is 1. The third-order valence-electron chi connectivity index (χ3n) is 4.36. The first-order chi connectivity index (χ1) is 12.7. The molecule has 4 heteroatoms. The first-order valence-corrected chi connectivity index (χ1v) is 8.65. The van der Waals surface area contributed by atoms with Crippen molar-refractivity contribution >= 4 is 11.6 Å². The SMILES string of the molecule is COc1ccccc1NC(=O)[C@H](C)[n+]1ccc(Cc2ccccc2)cc1. The lowest BCUT2D eigenvalue weighted by molar-refractivity contribution is -0.705. The monoisotopic (exact) mass is 347 g/mol. The molecule has 1 aromatic heterocycles. The maximum absolute atomic E-state index is 12.6. The Hall–Kier alpha value is -3.14. The Morgan fingerprint density at radius 1 is 0.962 bits per heavy atom. The number of hydrogen-bond acceptors (Lipinski definition) is 2. The van der Waals surface area contributed by atoms with E-state index in [2.05, 4.69) is 29.6 Å². The van der Waals surface area contributed by atoms with Crippen molar-refractivity contribution in [2.24, 2.45) is 0 Å². The Balaban J connectivity index is 1.67. The summed E-state index contributed by atoms with van der Waals surface area (Å²) in [4.78, 5) is 12.6. The van der Waals surface area contributed by atoms with Gasteiger partial charge in [-0.15, -0.1) is 0 Å². The third-order valence-corrected chi connectivity index (χ3v) is 4.36. The summed E-state index contributed by atoms with van der Waals surface area (Å²) in [7, 11) is 1.59. The lowest BCUT2D eigenvalue weighted by Crippen LogP contribution is -2.44. The average Bonchev–Trinajstić information content (AvgIpc) is 2.69. The number of para-hydroxylation sites is 2. The van der Waals surface area contributed by atoms with Crippen LogP contribution in [0.3, 0.4) is 0 Å². The summed E-state index contributed by atoms with van der Waals surface area (Å²) >= 11 is 0. The highest BCUT2D eigenvalue weighted by atomic mass is 16.5. The molecule has 4 nitrogen and oxygen atoms in total. The molecule has 0 aliphatic carbocycles. The molecule has 2 aromatic carbocycles. The molecule has 0 aliphatic heterocycles. The van der Waals surface area contributed by atoms with Crippen LogP contribution < -0.4 is 14.6 Å². The van der Waals surface area contributed by atoms with Crippen LogP contribution in [-0.4, -0.2) is 13.0 Å². The summed E-state index contributed by atoms with van der Waals surface area (Å²) in [5, 5.41) is 2.93. The van der Waals surface area contributed by atoms with Gasteiger partial charge in [0.1, 0.15) is 5.75 Å². The quantitative estimate of drug-likeness (QED) is 0.690. The lowest BCUT2D eigenvalue weighted by atomic mass is 10.1. The molecule has 0 unspecified atom stereocenters. The highest BCUT2D eigenvalue weighted by molar-refractivity contribution is 5.93. The van der Waals surface area contributed by atoms with Gasteiger partial charge in [-0.25, -0.2) is 0 Å². The van der Waals surface area contributed by atoms with Crippen LogP contribution in [-0.2, 0) is 11.2 Å². The van der Waals surface area contributed by atoms with Gasteiger partial charge >= 0.3 is 0 Å². The molecular formula is C22H23N2O2+. The van der Waals surface area contributed by atoms with Crippen LogP contribution >= 0.6 is 0 Å². The summed E-state index contributed by atoms with van der Waals surface area (Å²) in [5.41, 5.74) is 3.16. The molecule has 1 atom stereocenters. The third kappa shape index (κ3) is 4.28. The van der Waals surface area contributed by atoms with E-state index in [0.29, 0.717) is 11.4 Å². The van der Waals surface area contributed by atoms with Gasteiger partial charge in [-0.3, -0.25) is 4.79 Å². The number of carbonyl (C=O) groups excluding carboxylic acids is 1. The molecule has 1 N–H and O–H groups in total. The van der Waals surface area contributed by atoms with Crippen molar-refractivity contribution in [2.45, 2.75) is 19.4 Å². The molecular weight excluding hydrogens is 324 g/mol. The van der Waals surface area contributed by atoms with Crippen molar-refractivity contribution in [2.75, 3.05) is 12.4 Å². The number of pyridine rings is 1. The van der Waals surface area contributed by atoms with Crippen LogP contribution in [0.15, 0.2) is 79.1 Å². The van der Waals surface area contributed by atoms with Gasteiger partial charge in [0.25, 0.3) is 5.91 Å². The van der Waals surface area contributed by atoms with Crippen molar-refractivity contribution in [3.8, 4) is 5.75 Å². The second-order valence-electron chi connectivity index (χ2n) is 6.18. The lowest BCUT2D eigenvalue weighted by Gasteiger charge is -2.12. The first-order valence-electron chi connectivity index (χ1n) is 8.65. The summed E-state index contributed by atoms with van der Waals surface area (Å²) < 4.78 is 7.18. The molecule has 0 spiro atoms. The number of methoxy groups -OCH3 is 1. The minimum Gasteiger partial charge on any atom is -0.495 e. The van der Waals surface area contributed by atoms with E-state index in [1.807, 2.05) is 66.3 Å². The van der Waals surface area contributed by atoms with Gasteiger partial charge in [-0.1, -0.05) is 42.5 Å². The predicted octanol–water partition coefficient (Wildman–Crippen LogP) is 3.77. The van der Waals surface area contributed by atoms with Gasteiger partial charge in [0.05, 0.1) is 12.8 Å². The summed E-state index contributed by atoms with van der Waals surface area (Å²) in [6, 6.07) is 21.5. The second-order valence-corrected chi connectivity index (χ2v) is 6.18. The molecule has 3 aromatic rings. The largest absolute Gasteiger partial charge is 0.495 e. The van der Waals surface area contributed by atoms with E-state index in [0.717, 1.165) is 6.42 Å². The summed E-state index contributed by atoms with van der Waals surface area (Å²) in [6.45, 7) is 1.88. The minimum atomic E-state index is -0.328. The molecule has 0 fully saturated rings. The number of rotatable bonds is 6. The zero-order valence-corrected chi connectivity index (χ0v) is 15.1. The normalized spacial score (nSPS) is 11.6. The van der Waals surface area contributed by atoms with E-state index in [4.69, 9.17) is 4.74 Å². The van der Waals surface area contributed by atoms with Crippen molar-refractivity contribution in [1.29, 1.82) is 0 Å². The number of nitrogens with one attached hydrogen (secondary N) is 1. The van der Waals surface area contributed by atoms with Crippen LogP contribution in [0.25, 0.3) is 0 Å². The number of anilines is 1. The molecule has 132 valence electrons. The topological polar surface area (TPSA) is 42.2 Å². The summed E-state index contributed by atoms with van der Waals surface area (Å²) in [5.74, 6) is 0.562. The molecule has 1 heterocycles. The van der Waals surface area contributed by atoms with Crippen LogP contribution in [0.5, 0.6) is 5.75 Å². The maximum Gasteiger partial charge on any atom is 0.293 e. The fraction of sp³-hybridized carbons (Fsp3) is 0.182. The van der Waals surface area contributed by atoms with Gasteiger partial charge in [-0.05, 0) is 29.7 Å². The van der Waals surface area contributed by atoms with Crippen molar-refractivity contribution in [3.05, 3.63) is 90.3 Å². The Morgan fingerprint density at radius 2 is 1.58 bits per heavy atom. The molecule has 1 amide bonds. The smallest absolute Gasteiger partial charge is 0.293 e. The Morgan fingerprint density at radius 3 is 2.27 bits per heavy atom. The number of benzene rings is 2. The Labute approximate surface area is 154 Å². The fourth-order valence-corrected chi connectivity index (χ4v) is 2.80. The number of carbonyl (C=O) groups is 1. The van der Waals surface area contributed by atoms with Crippen molar-refractivity contribution in [1.82, 2.24) is 0 Å². The van der Waals surface area contributed by atoms with Crippen LogP contribution in [0.4, 0.5) is 5.69 Å². The van der Waals surface area contributed by atoms with E-state index in [1.165, 1.54) is 11.1 Å².